The Morgan fingerprint density at radius 3 is 3.00 bits per heavy atom. The van der Waals surface area contributed by atoms with Gasteiger partial charge in [-0.25, -0.2) is 4.98 Å². The molecule has 0 saturated carbocycles. The minimum Gasteiger partial charge on any atom is -0.370 e. The molecular weight excluding hydrogens is 126 g/mol. The first kappa shape index (κ1) is 7.12. The lowest BCUT2D eigenvalue weighted by atomic mass is 10.5. The van der Waals surface area contributed by atoms with Gasteiger partial charge in [-0.3, -0.25) is 0 Å². The molecule has 0 atom stereocenters. The predicted octanol–water partition coefficient (Wildman–Crippen LogP) is 1.24. The smallest absolute Gasteiger partial charge is 0.125 e. The van der Waals surface area contributed by atoms with Crippen LogP contribution < -0.4 is 5.32 Å². The summed E-state index contributed by atoms with van der Waals surface area (Å²) in [6.45, 7) is 3.16. The maximum absolute atomic E-state index is 3.98. The van der Waals surface area contributed by atoms with E-state index in [1.54, 1.807) is 6.33 Å². The van der Waals surface area contributed by atoms with Crippen LogP contribution >= 0.6 is 0 Å². The Kier molecular flexibility index (Phi) is 2.31. The van der Waals surface area contributed by atoms with Gasteiger partial charge in [-0.1, -0.05) is 6.92 Å². The number of nitrogens with zero attached hydrogens (tertiary/aromatic N) is 2. The lowest BCUT2D eigenvalue weighted by Gasteiger charge is -2.02. The molecule has 1 N–H and O–H groups in total. The number of hydrogen-bond donors (Lipinski definition) is 1. The third-order valence-corrected chi connectivity index (χ3v) is 1.37. The maximum atomic E-state index is 3.98. The molecule has 3 nitrogen and oxygen atoms in total. The largest absolute Gasteiger partial charge is 0.370 e. The first-order valence-corrected chi connectivity index (χ1v) is 3.54. The Balaban J connectivity index is 2.49. The van der Waals surface area contributed by atoms with Crippen LogP contribution in [-0.2, 0) is 7.05 Å². The van der Waals surface area contributed by atoms with Gasteiger partial charge in [-0.15, -0.1) is 0 Å². The van der Waals surface area contributed by atoms with Crippen molar-refractivity contribution in [3.63, 3.8) is 0 Å². The highest BCUT2D eigenvalue weighted by Gasteiger charge is 1.92. The fraction of sp³-hybridized carbons (Fsp3) is 0.571. The molecule has 0 aliphatic heterocycles. The van der Waals surface area contributed by atoms with E-state index < -0.39 is 0 Å². The van der Waals surface area contributed by atoms with E-state index in [1.807, 2.05) is 17.8 Å². The highest BCUT2D eigenvalue weighted by atomic mass is 15.1. The second-order valence-electron chi connectivity index (χ2n) is 2.32. The zero-order chi connectivity index (χ0) is 7.40. The van der Waals surface area contributed by atoms with Crippen molar-refractivity contribution in [3.8, 4) is 0 Å². The zero-order valence-corrected chi connectivity index (χ0v) is 6.46. The normalized spacial score (nSPS) is 9.80. The van der Waals surface area contributed by atoms with Crippen molar-refractivity contribution in [3.05, 3.63) is 12.5 Å². The summed E-state index contributed by atoms with van der Waals surface area (Å²) >= 11 is 0. The third-order valence-electron chi connectivity index (χ3n) is 1.37. The minimum absolute atomic E-state index is 1.01. The molecule has 0 amide bonds. The van der Waals surface area contributed by atoms with Crippen molar-refractivity contribution >= 4 is 5.82 Å². The molecule has 0 aliphatic carbocycles. The van der Waals surface area contributed by atoms with Crippen molar-refractivity contribution in [1.82, 2.24) is 9.55 Å². The molecule has 0 unspecified atom stereocenters. The highest BCUT2D eigenvalue weighted by Crippen LogP contribution is 2.01. The summed E-state index contributed by atoms with van der Waals surface area (Å²) in [6, 6.07) is 0. The van der Waals surface area contributed by atoms with Gasteiger partial charge in [0.05, 0.1) is 12.5 Å². The summed E-state index contributed by atoms with van der Waals surface area (Å²) in [7, 11) is 1.98. The number of nitrogens with one attached hydrogen (secondary N) is 1. The Morgan fingerprint density at radius 1 is 1.70 bits per heavy atom. The molecule has 56 valence electrons. The summed E-state index contributed by atoms with van der Waals surface area (Å²) < 4.78 is 1.97. The van der Waals surface area contributed by atoms with Gasteiger partial charge in [-0.2, -0.15) is 0 Å². The standard InChI is InChI=1S/C7H13N3/c1-3-4-9-7-5-8-6-10(7)2/h5-6,9H,3-4H2,1-2H3. The van der Waals surface area contributed by atoms with E-state index in [4.69, 9.17) is 0 Å². The molecule has 10 heavy (non-hydrogen) atoms. The Morgan fingerprint density at radius 2 is 2.50 bits per heavy atom. The maximum Gasteiger partial charge on any atom is 0.125 e. The average molecular weight is 139 g/mol. The number of hydrogen-bond acceptors (Lipinski definition) is 2. The number of imidazole rings is 1. The van der Waals surface area contributed by atoms with Crippen LogP contribution in [0.1, 0.15) is 13.3 Å². The molecule has 1 aromatic rings. The molecule has 1 heterocycles. The molecule has 0 bridgehead atoms. The van der Waals surface area contributed by atoms with Gasteiger partial charge in [0, 0.05) is 13.6 Å². The summed E-state index contributed by atoms with van der Waals surface area (Å²) in [4.78, 5) is 3.98. The van der Waals surface area contributed by atoms with Crippen LogP contribution in [0.15, 0.2) is 12.5 Å². The van der Waals surface area contributed by atoms with Crippen molar-refractivity contribution in [2.75, 3.05) is 11.9 Å². The topological polar surface area (TPSA) is 29.9 Å². The molecule has 0 spiro atoms. The molecular formula is C7H13N3. The van der Waals surface area contributed by atoms with Crippen LogP contribution in [0.25, 0.3) is 0 Å². The van der Waals surface area contributed by atoms with Crippen molar-refractivity contribution in [2.24, 2.45) is 7.05 Å². The van der Waals surface area contributed by atoms with Gasteiger partial charge >= 0.3 is 0 Å². The minimum atomic E-state index is 1.01. The molecule has 0 saturated heterocycles. The summed E-state index contributed by atoms with van der Waals surface area (Å²) in [5.74, 6) is 1.09. The number of rotatable bonds is 3. The van der Waals surface area contributed by atoms with Gasteiger partial charge in [-0.05, 0) is 6.42 Å². The molecule has 0 aliphatic rings. The average Bonchev–Trinajstić information content (AvgIpc) is 2.31. The quantitative estimate of drug-likeness (QED) is 0.682. The van der Waals surface area contributed by atoms with Gasteiger partial charge in [0.15, 0.2) is 0 Å². The fourth-order valence-electron chi connectivity index (χ4n) is 0.781. The van der Waals surface area contributed by atoms with Gasteiger partial charge in [0.2, 0.25) is 0 Å². The van der Waals surface area contributed by atoms with Crippen LogP contribution in [0, 0.1) is 0 Å². The van der Waals surface area contributed by atoms with E-state index >= 15 is 0 Å². The van der Waals surface area contributed by atoms with Crippen LogP contribution in [0.2, 0.25) is 0 Å². The lowest BCUT2D eigenvalue weighted by Crippen LogP contribution is -2.03. The predicted molar refractivity (Wildman–Crippen MR) is 42.0 cm³/mol. The Bertz CT molecular complexity index is 192. The van der Waals surface area contributed by atoms with E-state index in [0.29, 0.717) is 0 Å². The third kappa shape index (κ3) is 1.50. The summed E-state index contributed by atoms with van der Waals surface area (Å²) in [5.41, 5.74) is 0. The van der Waals surface area contributed by atoms with E-state index in [-0.39, 0.29) is 0 Å². The van der Waals surface area contributed by atoms with Crippen LogP contribution in [0.3, 0.4) is 0 Å². The first-order valence-electron chi connectivity index (χ1n) is 3.54. The van der Waals surface area contributed by atoms with Gasteiger partial charge in [0.25, 0.3) is 0 Å². The number of anilines is 1. The number of aryl methyl sites for hydroxylation is 1. The molecule has 0 fully saturated rings. The Labute approximate surface area is 61.1 Å². The first-order chi connectivity index (χ1) is 4.84. The molecule has 1 aromatic heterocycles. The number of aromatic nitrogens is 2. The Hall–Kier alpha value is -0.990. The lowest BCUT2D eigenvalue weighted by molar-refractivity contribution is 0.887. The van der Waals surface area contributed by atoms with E-state index in [0.717, 1.165) is 18.8 Å². The van der Waals surface area contributed by atoms with Crippen LogP contribution in [0.5, 0.6) is 0 Å². The SMILES string of the molecule is CCCNc1cncn1C. The van der Waals surface area contributed by atoms with E-state index in [9.17, 15) is 0 Å². The van der Waals surface area contributed by atoms with Crippen LogP contribution in [-0.4, -0.2) is 16.1 Å². The second-order valence-corrected chi connectivity index (χ2v) is 2.32. The fourth-order valence-corrected chi connectivity index (χ4v) is 0.781. The van der Waals surface area contributed by atoms with Crippen molar-refractivity contribution in [2.45, 2.75) is 13.3 Å². The van der Waals surface area contributed by atoms with Crippen molar-refractivity contribution in [1.29, 1.82) is 0 Å². The van der Waals surface area contributed by atoms with Gasteiger partial charge < -0.3 is 9.88 Å². The zero-order valence-electron chi connectivity index (χ0n) is 6.46. The van der Waals surface area contributed by atoms with Crippen LogP contribution in [0.4, 0.5) is 5.82 Å². The molecule has 0 radical (unpaired) electrons. The molecule has 1 rings (SSSR count). The van der Waals surface area contributed by atoms with Crippen molar-refractivity contribution < 1.29 is 0 Å². The van der Waals surface area contributed by atoms with E-state index in [2.05, 4.69) is 17.2 Å². The monoisotopic (exact) mass is 139 g/mol. The molecule has 3 heteroatoms. The van der Waals surface area contributed by atoms with E-state index in [1.165, 1.54) is 0 Å². The second kappa shape index (κ2) is 3.25. The summed E-state index contributed by atoms with van der Waals surface area (Å²) in [5, 5.41) is 3.24. The summed E-state index contributed by atoms with van der Waals surface area (Å²) in [6.07, 6.45) is 4.76. The highest BCUT2D eigenvalue weighted by molar-refractivity contribution is 5.31. The molecule has 0 aromatic carbocycles. The van der Waals surface area contributed by atoms with Gasteiger partial charge in [0.1, 0.15) is 5.82 Å².